The molecule has 5 heteroatoms. The van der Waals surface area contributed by atoms with Crippen LogP contribution in [0.1, 0.15) is 27.2 Å². The number of ether oxygens (including phenoxy) is 1. The summed E-state index contributed by atoms with van der Waals surface area (Å²) in [6.45, 7) is 5.42. The Hall–Kier alpha value is -0.805. The highest BCUT2D eigenvalue weighted by molar-refractivity contribution is 6.22. The van der Waals surface area contributed by atoms with Crippen LogP contribution in [0.15, 0.2) is 23.1 Å². The van der Waals surface area contributed by atoms with E-state index in [0.29, 0.717) is 6.42 Å². The zero-order chi connectivity index (χ0) is 12.7. The van der Waals surface area contributed by atoms with E-state index in [1.165, 1.54) is 0 Å². The molecule has 2 radical (unpaired) electrons. The Morgan fingerprint density at radius 3 is 2.50 bits per heavy atom. The molecule has 0 fully saturated rings. The molecule has 0 heterocycles. The lowest BCUT2D eigenvalue weighted by Crippen LogP contribution is -2.22. The van der Waals surface area contributed by atoms with E-state index < -0.39 is 11.9 Å². The fourth-order valence-corrected chi connectivity index (χ4v) is 1.17. The third-order valence-electron chi connectivity index (χ3n) is 2.05. The van der Waals surface area contributed by atoms with Gasteiger partial charge in [-0.15, -0.1) is 5.47 Å². The van der Waals surface area contributed by atoms with Gasteiger partial charge in [-0.1, -0.05) is 6.92 Å². The topological polar surface area (TPSA) is 55.5 Å². The zero-order valence-electron chi connectivity index (χ0n) is 10.0. The summed E-state index contributed by atoms with van der Waals surface area (Å²) in [6, 6.07) is 0. The molecule has 0 saturated carbocycles. The first-order valence-electron chi connectivity index (χ1n) is 5.29. The van der Waals surface area contributed by atoms with E-state index in [0.717, 1.165) is 6.20 Å². The average Bonchev–Trinajstić information content (AvgIpc) is 2.25. The quantitative estimate of drug-likeness (QED) is 0.532. The summed E-state index contributed by atoms with van der Waals surface area (Å²) in [4.78, 5) is 0. The Kier molecular flexibility index (Phi) is 7.09. The van der Waals surface area contributed by atoms with E-state index in [1.54, 1.807) is 6.92 Å². The van der Waals surface area contributed by atoms with Crippen LogP contribution in [0, 0.1) is 0 Å². The lowest BCUT2D eigenvalue weighted by molar-refractivity contribution is 0.0195. The van der Waals surface area contributed by atoms with E-state index in [-0.39, 0.29) is 23.8 Å². The number of hydrogen-bond donors (Lipinski definition) is 2. The molecule has 3 nitrogen and oxygen atoms in total. The summed E-state index contributed by atoms with van der Waals surface area (Å²) in [5.74, 6) is -0.709. The summed E-state index contributed by atoms with van der Waals surface area (Å²) < 4.78 is 18.6. The van der Waals surface area contributed by atoms with Crippen LogP contribution >= 0.6 is 0 Å². The molecule has 90 valence electrons. The number of halogens is 1. The van der Waals surface area contributed by atoms with Crippen LogP contribution in [0.5, 0.6) is 0 Å². The maximum absolute atomic E-state index is 13.4. The Labute approximate surface area is 97.6 Å². The standard InChI is InChI=1S/C11H19BFNO2/c1-4-8(12)11(9(13)5-14)10(15)6-16-7(2)3/h5,7,10,15H,4,6,14H2,1-3H3/b9-5+,11-8-. The summed E-state index contributed by atoms with van der Waals surface area (Å²) in [7, 11) is 5.63. The number of allylic oxidation sites excluding steroid dienone is 1. The van der Waals surface area contributed by atoms with E-state index in [1.807, 2.05) is 13.8 Å². The van der Waals surface area contributed by atoms with Crippen molar-refractivity contribution in [3.63, 3.8) is 0 Å². The molecule has 0 aromatic heterocycles. The summed E-state index contributed by atoms with van der Waals surface area (Å²) in [6.07, 6.45) is 0.0945. The molecule has 1 unspecified atom stereocenters. The smallest absolute Gasteiger partial charge is 0.143 e. The number of aliphatic hydroxyl groups is 1. The van der Waals surface area contributed by atoms with Crippen molar-refractivity contribution in [1.82, 2.24) is 0 Å². The summed E-state index contributed by atoms with van der Waals surface area (Å²) in [5.41, 5.74) is 5.38. The maximum atomic E-state index is 13.4. The minimum absolute atomic E-state index is 0.00500. The minimum atomic E-state index is -1.10. The first-order chi connectivity index (χ1) is 7.43. The van der Waals surface area contributed by atoms with Crippen LogP contribution in [0.4, 0.5) is 4.39 Å². The third-order valence-corrected chi connectivity index (χ3v) is 2.05. The van der Waals surface area contributed by atoms with Crippen LogP contribution in [0.25, 0.3) is 0 Å². The second kappa shape index (κ2) is 7.47. The van der Waals surface area contributed by atoms with Gasteiger partial charge in [-0.3, -0.25) is 0 Å². The second-order valence-corrected chi connectivity index (χ2v) is 3.70. The van der Waals surface area contributed by atoms with Crippen molar-refractivity contribution >= 4 is 7.85 Å². The van der Waals surface area contributed by atoms with Crippen LogP contribution in [0.3, 0.4) is 0 Å². The van der Waals surface area contributed by atoms with Gasteiger partial charge in [0.1, 0.15) is 19.8 Å². The van der Waals surface area contributed by atoms with Crippen molar-refractivity contribution in [3.05, 3.63) is 23.1 Å². The summed E-state index contributed by atoms with van der Waals surface area (Å²) >= 11 is 0. The minimum Gasteiger partial charge on any atom is -0.402 e. The number of hydrogen-bond acceptors (Lipinski definition) is 3. The molecular weight excluding hydrogens is 208 g/mol. The molecule has 0 aliphatic carbocycles. The fourth-order valence-electron chi connectivity index (χ4n) is 1.17. The largest absolute Gasteiger partial charge is 0.402 e. The molecule has 0 rings (SSSR count). The van der Waals surface area contributed by atoms with Crippen molar-refractivity contribution in [2.45, 2.75) is 39.4 Å². The second-order valence-electron chi connectivity index (χ2n) is 3.70. The molecule has 0 aliphatic heterocycles. The Bertz CT molecular complexity index is 277. The van der Waals surface area contributed by atoms with Gasteiger partial charge in [0.25, 0.3) is 0 Å². The maximum Gasteiger partial charge on any atom is 0.143 e. The van der Waals surface area contributed by atoms with Crippen molar-refractivity contribution in [3.8, 4) is 0 Å². The van der Waals surface area contributed by atoms with Crippen LogP contribution in [0.2, 0.25) is 0 Å². The van der Waals surface area contributed by atoms with Gasteiger partial charge in [0.15, 0.2) is 0 Å². The number of nitrogens with two attached hydrogens (primary N) is 1. The van der Waals surface area contributed by atoms with Gasteiger partial charge in [-0.05, 0) is 20.3 Å². The van der Waals surface area contributed by atoms with Gasteiger partial charge in [-0.25, -0.2) is 4.39 Å². The molecule has 16 heavy (non-hydrogen) atoms. The molecule has 0 aromatic carbocycles. The van der Waals surface area contributed by atoms with Gasteiger partial charge < -0.3 is 15.6 Å². The molecular formula is C11H19BFNO2. The first kappa shape index (κ1) is 15.2. The molecule has 0 spiro atoms. The van der Waals surface area contributed by atoms with Crippen LogP contribution in [-0.2, 0) is 4.74 Å². The van der Waals surface area contributed by atoms with Crippen molar-refractivity contribution in [1.29, 1.82) is 0 Å². The van der Waals surface area contributed by atoms with Gasteiger partial charge in [0.05, 0.1) is 12.7 Å². The number of rotatable bonds is 6. The van der Waals surface area contributed by atoms with Crippen molar-refractivity contribution < 1.29 is 14.2 Å². The van der Waals surface area contributed by atoms with E-state index >= 15 is 0 Å². The summed E-state index contributed by atoms with van der Waals surface area (Å²) in [5, 5.41) is 9.76. The monoisotopic (exact) mass is 227 g/mol. The molecule has 3 N–H and O–H groups in total. The average molecular weight is 227 g/mol. The molecule has 0 bridgehead atoms. The van der Waals surface area contributed by atoms with Gasteiger partial charge in [-0.2, -0.15) is 0 Å². The van der Waals surface area contributed by atoms with Crippen LogP contribution in [-0.4, -0.2) is 31.8 Å². The lowest BCUT2D eigenvalue weighted by Gasteiger charge is -2.18. The van der Waals surface area contributed by atoms with Crippen molar-refractivity contribution in [2.75, 3.05) is 6.61 Å². The first-order valence-corrected chi connectivity index (χ1v) is 5.29. The van der Waals surface area contributed by atoms with E-state index in [2.05, 4.69) is 0 Å². The normalized spacial score (nSPS) is 16.2. The molecule has 0 aliphatic rings. The molecule has 0 amide bonds. The van der Waals surface area contributed by atoms with Crippen LogP contribution < -0.4 is 5.73 Å². The lowest BCUT2D eigenvalue weighted by atomic mass is 9.85. The Morgan fingerprint density at radius 1 is 1.56 bits per heavy atom. The highest BCUT2D eigenvalue weighted by atomic mass is 19.1. The zero-order valence-corrected chi connectivity index (χ0v) is 10.0. The van der Waals surface area contributed by atoms with E-state index in [9.17, 15) is 9.50 Å². The van der Waals surface area contributed by atoms with Gasteiger partial charge >= 0.3 is 0 Å². The third kappa shape index (κ3) is 4.81. The van der Waals surface area contributed by atoms with Crippen molar-refractivity contribution in [2.24, 2.45) is 5.73 Å². The van der Waals surface area contributed by atoms with Gasteiger partial charge in [0, 0.05) is 11.8 Å². The highest BCUT2D eigenvalue weighted by Crippen LogP contribution is 2.20. The Balaban J connectivity index is 4.79. The SMILES string of the molecule is [B]/C(CC)=C(/C(F)=C\N)C(O)COC(C)C. The molecule has 1 atom stereocenters. The van der Waals surface area contributed by atoms with Gasteiger partial charge in [0.2, 0.25) is 0 Å². The molecule has 0 saturated heterocycles. The predicted molar refractivity (Wildman–Crippen MR) is 63.5 cm³/mol. The highest BCUT2D eigenvalue weighted by Gasteiger charge is 2.18. The van der Waals surface area contributed by atoms with E-state index in [4.69, 9.17) is 18.3 Å². The predicted octanol–water partition coefficient (Wildman–Crippen LogP) is 1.37. The Morgan fingerprint density at radius 2 is 2.12 bits per heavy atom. The fraction of sp³-hybridized carbons (Fsp3) is 0.636. The number of aliphatic hydroxyl groups excluding tert-OH is 1. The molecule has 0 aromatic rings.